The number of carbonyl (C=O) groups is 2. The highest BCUT2D eigenvalue weighted by Gasteiger charge is 2.22. The van der Waals surface area contributed by atoms with E-state index in [2.05, 4.69) is 47.8 Å². The van der Waals surface area contributed by atoms with Gasteiger partial charge in [0.25, 0.3) is 0 Å². The van der Waals surface area contributed by atoms with Gasteiger partial charge in [0.2, 0.25) is 11.8 Å². The second-order valence-corrected chi connectivity index (χ2v) is 9.47. The smallest absolute Gasteiger partial charge is 0.227 e. The van der Waals surface area contributed by atoms with E-state index in [9.17, 15) is 9.59 Å². The highest BCUT2D eigenvalue weighted by atomic mass is 79.9. The molecular formula is C16H17Br3N2O2S. The van der Waals surface area contributed by atoms with E-state index in [0.29, 0.717) is 12.8 Å². The Bertz CT molecular complexity index is 815. The highest BCUT2D eigenvalue weighted by molar-refractivity contribution is 9.13. The van der Waals surface area contributed by atoms with Crippen LogP contribution in [0.3, 0.4) is 0 Å². The summed E-state index contributed by atoms with van der Waals surface area (Å²) in [6.45, 7) is 0. The minimum atomic E-state index is 0.0339. The molecule has 0 unspecified atom stereocenters. The van der Waals surface area contributed by atoms with E-state index in [1.807, 2.05) is 6.07 Å². The third-order valence-corrected chi connectivity index (χ3v) is 7.39. The summed E-state index contributed by atoms with van der Waals surface area (Å²) in [5.41, 5.74) is 0. The summed E-state index contributed by atoms with van der Waals surface area (Å²) < 4.78 is 2.72. The zero-order valence-electron chi connectivity index (χ0n) is 13.7. The number of rotatable bonds is 4. The Labute approximate surface area is 170 Å². The van der Waals surface area contributed by atoms with Crippen LogP contribution in [0.2, 0.25) is 0 Å². The number of hydrogen-bond donors (Lipinski definition) is 0. The number of benzene rings is 1. The van der Waals surface area contributed by atoms with Crippen molar-refractivity contribution in [3.05, 3.63) is 29.2 Å². The van der Waals surface area contributed by atoms with Gasteiger partial charge in [0.05, 0.1) is 12.8 Å². The maximum Gasteiger partial charge on any atom is 0.227 e. The third kappa shape index (κ3) is 4.03. The predicted octanol–water partition coefficient (Wildman–Crippen LogP) is 4.45. The molecule has 0 radical (unpaired) electrons. The van der Waals surface area contributed by atoms with Crippen molar-refractivity contribution < 1.29 is 9.59 Å². The Hall–Kier alpha value is -0.440. The number of likely N-dealkylation sites (N-methyl/N-ethyl adjacent to an activating group) is 2. The van der Waals surface area contributed by atoms with Crippen molar-refractivity contribution >= 4 is 81.7 Å². The van der Waals surface area contributed by atoms with Gasteiger partial charge in [-0.05, 0) is 37.9 Å². The Kier molecular flexibility index (Phi) is 6.50. The summed E-state index contributed by atoms with van der Waals surface area (Å²) in [5, 5.41) is 1.98. The highest BCUT2D eigenvalue weighted by Crippen LogP contribution is 2.44. The van der Waals surface area contributed by atoms with Crippen molar-refractivity contribution in [1.29, 1.82) is 0 Å². The third-order valence-electron chi connectivity index (χ3n) is 3.60. The van der Waals surface area contributed by atoms with Gasteiger partial charge in [0.15, 0.2) is 0 Å². The molecule has 4 nitrogen and oxygen atoms in total. The van der Waals surface area contributed by atoms with E-state index < -0.39 is 0 Å². The molecule has 0 aliphatic heterocycles. The van der Waals surface area contributed by atoms with E-state index >= 15 is 0 Å². The van der Waals surface area contributed by atoms with Gasteiger partial charge in [-0.3, -0.25) is 9.59 Å². The molecule has 8 heteroatoms. The fourth-order valence-electron chi connectivity index (χ4n) is 2.22. The number of hydrogen-bond acceptors (Lipinski definition) is 3. The Morgan fingerprint density at radius 1 is 0.875 bits per heavy atom. The fourth-order valence-corrected chi connectivity index (χ4v) is 5.74. The first-order chi connectivity index (χ1) is 11.1. The number of fused-ring (bicyclic) bond motifs is 1. The van der Waals surface area contributed by atoms with E-state index in [1.54, 1.807) is 38.0 Å². The van der Waals surface area contributed by atoms with Gasteiger partial charge >= 0.3 is 0 Å². The molecule has 0 atom stereocenters. The van der Waals surface area contributed by atoms with Crippen LogP contribution >= 0.6 is 59.1 Å². The molecule has 1 aromatic heterocycles. The predicted molar refractivity (Wildman–Crippen MR) is 110 cm³/mol. The molecule has 130 valence electrons. The van der Waals surface area contributed by atoms with Crippen LogP contribution in [0.4, 0.5) is 0 Å². The van der Waals surface area contributed by atoms with E-state index in [4.69, 9.17) is 0 Å². The molecule has 0 saturated carbocycles. The van der Waals surface area contributed by atoms with Gasteiger partial charge in [-0.2, -0.15) is 0 Å². The summed E-state index contributed by atoms with van der Waals surface area (Å²) in [7, 11) is 6.98. The van der Waals surface area contributed by atoms with Crippen molar-refractivity contribution in [3.8, 4) is 0 Å². The molecule has 0 N–H and O–H groups in total. The van der Waals surface area contributed by atoms with Gasteiger partial charge in [0, 0.05) is 62.1 Å². The lowest BCUT2D eigenvalue weighted by molar-refractivity contribution is -0.128. The van der Waals surface area contributed by atoms with Crippen LogP contribution in [0.1, 0.15) is 9.75 Å². The first kappa shape index (κ1) is 19.9. The number of amides is 2. The zero-order chi connectivity index (χ0) is 18.2. The summed E-state index contributed by atoms with van der Waals surface area (Å²) in [5.74, 6) is 0.0706. The average molecular weight is 541 g/mol. The van der Waals surface area contributed by atoms with Crippen LogP contribution in [0, 0.1) is 0 Å². The Balaban J connectivity index is 2.65. The van der Waals surface area contributed by atoms with E-state index in [-0.39, 0.29) is 11.8 Å². The first-order valence-electron chi connectivity index (χ1n) is 7.11. The molecule has 2 rings (SSSR count). The molecule has 0 bridgehead atoms. The number of thiophene rings is 1. The van der Waals surface area contributed by atoms with Crippen LogP contribution in [-0.2, 0) is 22.4 Å². The van der Waals surface area contributed by atoms with Crippen molar-refractivity contribution in [2.45, 2.75) is 12.8 Å². The van der Waals surface area contributed by atoms with Gasteiger partial charge in [-0.15, -0.1) is 11.3 Å². The molecule has 1 heterocycles. The van der Waals surface area contributed by atoms with Crippen LogP contribution in [0.15, 0.2) is 19.5 Å². The van der Waals surface area contributed by atoms with Crippen molar-refractivity contribution in [2.75, 3.05) is 28.2 Å². The molecule has 24 heavy (non-hydrogen) atoms. The second-order valence-electron chi connectivity index (χ2n) is 5.78. The van der Waals surface area contributed by atoms with Crippen molar-refractivity contribution in [1.82, 2.24) is 9.80 Å². The lowest BCUT2D eigenvalue weighted by atomic mass is 10.1. The molecule has 2 aromatic rings. The van der Waals surface area contributed by atoms with E-state index in [0.717, 1.165) is 33.9 Å². The summed E-state index contributed by atoms with van der Waals surface area (Å²) >= 11 is 12.3. The average Bonchev–Trinajstić information content (AvgIpc) is 2.83. The van der Waals surface area contributed by atoms with Crippen LogP contribution in [0.25, 0.3) is 10.8 Å². The molecule has 2 amide bonds. The number of halogens is 3. The van der Waals surface area contributed by atoms with Gasteiger partial charge in [-0.25, -0.2) is 0 Å². The van der Waals surface area contributed by atoms with Gasteiger partial charge < -0.3 is 9.80 Å². The maximum atomic E-state index is 12.2. The summed E-state index contributed by atoms with van der Waals surface area (Å²) in [6, 6.07) is 1.96. The maximum absolute atomic E-state index is 12.2. The van der Waals surface area contributed by atoms with Crippen molar-refractivity contribution in [2.24, 2.45) is 0 Å². The topological polar surface area (TPSA) is 40.6 Å². The fraction of sp³-hybridized carbons (Fsp3) is 0.375. The minimum Gasteiger partial charge on any atom is -0.349 e. The van der Waals surface area contributed by atoms with E-state index in [1.165, 1.54) is 11.3 Å². The molecule has 1 aromatic carbocycles. The van der Waals surface area contributed by atoms with Crippen LogP contribution in [0.5, 0.6) is 0 Å². The summed E-state index contributed by atoms with van der Waals surface area (Å²) in [4.78, 5) is 29.5. The number of carbonyl (C=O) groups excluding carboxylic acids is 2. The zero-order valence-corrected chi connectivity index (χ0v) is 19.3. The lowest BCUT2D eigenvalue weighted by Crippen LogP contribution is -2.23. The van der Waals surface area contributed by atoms with Crippen LogP contribution in [-0.4, -0.2) is 49.8 Å². The van der Waals surface area contributed by atoms with Gasteiger partial charge in [-0.1, -0.05) is 15.9 Å². The first-order valence-corrected chi connectivity index (χ1v) is 10.3. The van der Waals surface area contributed by atoms with Crippen LogP contribution < -0.4 is 0 Å². The molecular weight excluding hydrogens is 524 g/mol. The normalized spacial score (nSPS) is 11.0. The SMILES string of the molecule is CN(C)C(=O)Cc1sc(CC(=O)N(C)C)c2c(Br)c(Br)cc(Br)c12. The molecule has 0 aliphatic carbocycles. The largest absolute Gasteiger partial charge is 0.349 e. The molecule has 0 aliphatic rings. The molecule has 0 saturated heterocycles. The summed E-state index contributed by atoms with van der Waals surface area (Å²) in [6.07, 6.45) is 0.628. The molecule has 0 fully saturated rings. The molecule has 0 spiro atoms. The monoisotopic (exact) mass is 538 g/mol. The lowest BCUT2D eigenvalue weighted by Gasteiger charge is -2.10. The Morgan fingerprint density at radius 2 is 1.33 bits per heavy atom. The quantitative estimate of drug-likeness (QED) is 0.538. The standard InChI is InChI=1S/C16H17Br3N2O2S/c1-20(2)12(22)6-10-14-8(17)5-9(18)16(19)15(14)11(24-10)7-13(23)21(3)4/h5H,6-7H2,1-4H3. The second kappa shape index (κ2) is 7.85. The minimum absolute atomic E-state index is 0.0339. The van der Waals surface area contributed by atoms with Crippen molar-refractivity contribution in [3.63, 3.8) is 0 Å². The van der Waals surface area contributed by atoms with Gasteiger partial charge in [0.1, 0.15) is 0 Å². The number of nitrogens with zero attached hydrogens (tertiary/aromatic N) is 2. The Morgan fingerprint density at radius 3 is 1.79 bits per heavy atom.